The zero-order valence-corrected chi connectivity index (χ0v) is 9.73. The van der Waals surface area contributed by atoms with Gasteiger partial charge < -0.3 is 5.32 Å². The second-order valence-electron chi connectivity index (χ2n) is 3.36. The lowest BCUT2D eigenvalue weighted by Crippen LogP contribution is -2.10. The largest absolute Gasteiger partial charge is 0.383 e. The summed E-state index contributed by atoms with van der Waals surface area (Å²) in [7, 11) is -0.798. The summed E-state index contributed by atoms with van der Waals surface area (Å²) in [6.45, 7) is 2.58. The van der Waals surface area contributed by atoms with E-state index in [0.29, 0.717) is 17.9 Å². The van der Waals surface area contributed by atoms with E-state index in [4.69, 9.17) is 5.26 Å². The van der Waals surface area contributed by atoms with E-state index in [9.17, 15) is 4.21 Å². The van der Waals surface area contributed by atoms with E-state index in [0.717, 1.165) is 11.3 Å². The standard InChI is InChI=1S/C11H14N2OS/c1-9-3-4-11(10(7-9)8-12)13-5-6-15(2)14/h3-4,7,13H,5-6H2,1-2H3. The molecule has 4 heteroatoms. The van der Waals surface area contributed by atoms with E-state index in [1.54, 1.807) is 6.26 Å². The molecule has 0 bridgehead atoms. The number of nitriles is 1. The van der Waals surface area contributed by atoms with Gasteiger partial charge >= 0.3 is 0 Å². The van der Waals surface area contributed by atoms with Crippen LogP contribution < -0.4 is 5.32 Å². The fourth-order valence-electron chi connectivity index (χ4n) is 1.23. The van der Waals surface area contributed by atoms with Crippen molar-refractivity contribution in [2.24, 2.45) is 0 Å². The Morgan fingerprint density at radius 1 is 1.53 bits per heavy atom. The van der Waals surface area contributed by atoms with Crippen LogP contribution in [0.3, 0.4) is 0 Å². The summed E-state index contributed by atoms with van der Waals surface area (Å²) in [5, 5.41) is 12.0. The highest BCUT2D eigenvalue weighted by atomic mass is 32.2. The minimum atomic E-state index is -0.798. The van der Waals surface area contributed by atoms with E-state index in [1.165, 1.54) is 0 Å². The number of rotatable bonds is 4. The van der Waals surface area contributed by atoms with Gasteiger partial charge in [0.25, 0.3) is 0 Å². The van der Waals surface area contributed by atoms with Crippen LogP contribution in [0, 0.1) is 18.3 Å². The molecule has 1 atom stereocenters. The third kappa shape index (κ3) is 3.72. The topological polar surface area (TPSA) is 52.9 Å². The molecular weight excluding hydrogens is 208 g/mol. The van der Waals surface area contributed by atoms with Gasteiger partial charge in [0.2, 0.25) is 0 Å². The van der Waals surface area contributed by atoms with Crippen LogP contribution in [0.5, 0.6) is 0 Å². The summed E-state index contributed by atoms with van der Waals surface area (Å²) < 4.78 is 10.8. The molecule has 1 rings (SSSR count). The molecule has 1 aromatic carbocycles. The van der Waals surface area contributed by atoms with E-state index in [2.05, 4.69) is 11.4 Å². The van der Waals surface area contributed by atoms with Gasteiger partial charge in [-0.05, 0) is 24.6 Å². The first kappa shape index (κ1) is 11.7. The van der Waals surface area contributed by atoms with E-state index in [1.807, 2.05) is 25.1 Å². The molecule has 3 nitrogen and oxygen atoms in total. The summed E-state index contributed by atoms with van der Waals surface area (Å²) >= 11 is 0. The average Bonchev–Trinajstić information content (AvgIpc) is 2.19. The number of nitrogens with zero attached hydrogens (tertiary/aromatic N) is 1. The van der Waals surface area contributed by atoms with Crippen molar-refractivity contribution in [3.8, 4) is 6.07 Å². The number of nitrogens with one attached hydrogen (secondary N) is 1. The normalized spacial score (nSPS) is 11.8. The van der Waals surface area contributed by atoms with Crippen LogP contribution in [0.4, 0.5) is 5.69 Å². The average molecular weight is 222 g/mol. The van der Waals surface area contributed by atoms with Crippen molar-refractivity contribution in [1.82, 2.24) is 0 Å². The Balaban J connectivity index is 2.69. The van der Waals surface area contributed by atoms with Crippen molar-refractivity contribution in [2.45, 2.75) is 6.92 Å². The molecule has 0 heterocycles. The Bertz CT molecular complexity index is 410. The molecular formula is C11H14N2OS. The molecule has 80 valence electrons. The number of hydrogen-bond acceptors (Lipinski definition) is 3. The lowest BCUT2D eigenvalue weighted by Gasteiger charge is -2.07. The van der Waals surface area contributed by atoms with Crippen LogP contribution in [0.1, 0.15) is 11.1 Å². The minimum Gasteiger partial charge on any atom is -0.383 e. The summed E-state index contributed by atoms with van der Waals surface area (Å²) in [5.41, 5.74) is 2.52. The van der Waals surface area contributed by atoms with Gasteiger partial charge in [-0.15, -0.1) is 0 Å². The zero-order chi connectivity index (χ0) is 11.3. The molecule has 1 N–H and O–H groups in total. The number of benzene rings is 1. The molecule has 0 aliphatic heterocycles. The summed E-state index contributed by atoms with van der Waals surface area (Å²) in [5.74, 6) is 0.596. The predicted octanol–water partition coefficient (Wildman–Crippen LogP) is 1.66. The van der Waals surface area contributed by atoms with Gasteiger partial charge in [-0.1, -0.05) is 6.07 Å². The van der Waals surface area contributed by atoms with E-state index in [-0.39, 0.29) is 0 Å². The van der Waals surface area contributed by atoms with Crippen molar-refractivity contribution >= 4 is 16.5 Å². The van der Waals surface area contributed by atoms with E-state index >= 15 is 0 Å². The molecule has 15 heavy (non-hydrogen) atoms. The monoisotopic (exact) mass is 222 g/mol. The van der Waals surface area contributed by atoms with Gasteiger partial charge in [-0.2, -0.15) is 5.26 Å². The second kappa shape index (κ2) is 5.52. The molecule has 0 radical (unpaired) electrons. The van der Waals surface area contributed by atoms with Gasteiger partial charge in [-0.25, -0.2) is 0 Å². The van der Waals surface area contributed by atoms with Crippen molar-refractivity contribution in [1.29, 1.82) is 5.26 Å². The molecule has 0 amide bonds. The first-order chi connectivity index (χ1) is 7.13. The Kier molecular flexibility index (Phi) is 4.32. The van der Waals surface area contributed by atoms with Crippen LogP contribution in [-0.4, -0.2) is 22.8 Å². The minimum absolute atomic E-state index is 0.596. The first-order valence-electron chi connectivity index (χ1n) is 4.68. The summed E-state index contributed by atoms with van der Waals surface area (Å²) in [4.78, 5) is 0. The number of hydrogen-bond donors (Lipinski definition) is 1. The SMILES string of the molecule is Cc1ccc(NCCS(C)=O)c(C#N)c1. The number of aryl methyl sites for hydroxylation is 1. The van der Waals surface area contributed by atoms with Crippen LogP contribution in [0.2, 0.25) is 0 Å². The highest BCUT2D eigenvalue weighted by Gasteiger charge is 2.01. The molecule has 0 aliphatic carbocycles. The highest BCUT2D eigenvalue weighted by molar-refractivity contribution is 7.84. The van der Waals surface area contributed by atoms with Crippen LogP contribution in [0.15, 0.2) is 18.2 Å². The quantitative estimate of drug-likeness (QED) is 0.843. The Hall–Kier alpha value is -1.34. The van der Waals surface area contributed by atoms with Gasteiger partial charge in [-0.3, -0.25) is 4.21 Å². The maximum atomic E-state index is 10.8. The second-order valence-corrected chi connectivity index (χ2v) is 4.92. The first-order valence-corrected chi connectivity index (χ1v) is 6.41. The van der Waals surface area contributed by atoms with Crippen molar-refractivity contribution in [3.63, 3.8) is 0 Å². The van der Waals surface area contributed by atoms with Crippen molar-refractivity contribution in [3.05, 3.63) is 29.3 Å². The number of anilines is 1. The fourth-order valence-corrected chi connectivity index (χ4v) is 1.62. The Morgan fingerprint density at radius 2 is 2.27 bits per heavy atom. The van der Waals surface area contributed by atoms with Crippen molar-refractivity contribution in [2.75, 3.05) is 23.9 Å². The molecule has 0 saturated carbocycles. The van der Waals surface area contributed by atoms with Crippen molar-refractivity contribution < 1.29 is 4.21 Å². The maximum Gasteiger partial charge on any atom is 0.101 e. The zero-order valence-electron chi connectivity index (χ0n) is 8.91. The molecule has 0 fully saturated rings. The molecule has 1 unspecified atom stereocenters. The Labute approximate surface area is 92.6 Å². The highest BCUT2D eigenvalue weighted by Crippen LogP contribution is 2.15. The molecule has 0 aromatic heterocycles. The van der Waals surface area contributed by atoms with Crippen LogP contribution in [-0.2, 0) is 10.8 Å². The fraction of sp³-hybridized carbons (Fsp3) is 0.364. The lowest BCUT2D eigenvalue weighted by atomic mass is 10.1. The summed E-state index contributed by atoms with van der Waals surface area (Å²) in [6, 6.07) is 7.81. The predicted molar refractivity (Wildman–Crippen MR) is 63.3 cm³/mol. The van der Waals surface area contributed by atoms with Gasteiger partial charge in [0.05, 0.1) is 11.3 Å². The smallest absolute Gasteiger partial charge is 0.101 e. The van der Waals surface area contributed by atoms with Gasteiger partial charge in [0, 0.05) is 29.4 Å². The van der Waals surface area contributed by atoms with Gasteiger partial charge in [0.15, 0.2) is 0 Å². The lowest BCUT2D eigenvalue weighted by molar-refractivity contribution is 0.687. The molecule has 1 aromatic rings. The van der Waals surface area contributed by atoms with Crippen LogP contribution in [0.25, 0.3) is 0 Å². The molecule has 0 saturated heterocycles. The van der Waals surface area contributed by atoms with E-state index < -0.39 is 10.8 Å². The third-order valence-corrected chi connectivity index (χ3v) is 2.78. The third-order valence-electron chi connectivity index (χ3n) is 2.00. The van der Waals surface area contributed by atoms with Crippen LogP contribution >= 0.6 is 0 Å². The summed E-state index contributed by atoms with van der Waals surface area (Å²) in [6.07, 6.45) is 1.67. The van der Waals surface area contributed by atoms with Gasteiger partial charge in [0.1, 0.15) is 6.07 Å². The molecule has 0 spiro atoms. The Morgan fingerprint density at radius 3 is 2.87 bits per heavy atom. The molecule has 0 aliphatic rings. The maximum absolute atomic E-state index is 10.8.